The zero-order valence-electron chi connectivity index (χ0n) is 13.1. The van der Waals surface area contributed by atoms with Crippen LogP contribution in [-0.2, 0) is 4.74 Å². The van der Waals surface area contributed by atoms with E-state index in [1.54, 1.807) is 26.4 Å². The summed E-state index contributed by atoms with van der Waals surface area (Å²) in [5.41, 5.74) is 1.41. The summed E-state index contributed by atoms with van der Waals surface area (Å²) >= 11 is 0. The molecule has 1 heterocycles. The Bertz CT molecular complexity index is 484. The first-order chi connectivity index (χ1) is 10.1. The number of benzene rings is 1. The standard InChI is InChI=1S/C16H23NO4/c1-10-14(19-3)8-12(9-15(10)20-4)16(18)17-11(2)13-6-5-7-21-13/h8-9,11,13H,5-7H2,1-4H3,(H,17,18). The van der Waals surface area contributed by atoms with Crippen LogP contribution in [0.3, 0.4) is 0 Å². The largest absolute Gasteiger partial charge is 0.496 e. The predicted octanol–water partition coefficient (Wildman–Crippen LogP) is 2.31. The number of hydrogen-bond acceptors (Lipinski definition) is 4. The van der Waals surface area contributed by atoms with E-state index in [2.05, 4.69) is 5.32 Å². The van der Waals surface area contributed by atoms with E-state index < -0.39 is 0 Å². The van der Waals surface area contributed by atoms with Crippen LogP contribution < -0.4 is 14.8 Å². The summed E-state index contributed by atoms with van der Waals surface area (Å²) in [6.45, 7) is 4.64. The first kappa shape index (κ1) is 15.6. The minimum absolute atomic E-state index is 0.0155. The summed E-state index contributed by atoms with van der Waals surface area (Å²) in [6.07, 6.45) is 2.14. The predicted molar refractivity (Wildman–Crippen MR) is 80.2 cm³/mol. The van der Waals surface area contributed by atoms with Crippen LogP contribution >= 0.6 is 0 Å². The first-order valence-corrected chi connectivity index (χ1v) is 7.22. The van der Waals surface area contributed by atoms with Gasteiger partial charge in [0.2, 0.25) is 0 Å². The van der Waals surface area contributed by atoms with Crippen molar-refractivity contribution >= 4 is 5.91 Å². The van der Waals surface area contributed by atoms with Gasteiger partial charge in [-0.3, -0.25) is 4.79 Å². The lowest BCUT2D eigenvalue weighted by molar-refractivity contribution is 0.0712. The highest BCUT2D eigenvalue weighted by Gasteiger charge is 2.24. The molecule has 1 fully saturated rings. The average molecular weight is 293 g/mol. The highest BCUT2D eigenvalue weighted by Crippen LogP contribution is 2.29. The molecule has 1 N–H and O–H groups in total. The van der Waals surface area contributed by atoms with Crippen molar-refractivity contribution in [1.29, 1.82) is 0 Å². The molecule has 1 aliphatic heterocycles. The van der Waals surface area contributed by atoms with Crippen LogP contribution in [0.5, 0.6) is 11.5 Å². The van der Waals surface area contributed by atoms with E-state index in [9.17, 15) is 4.79 Å². The van der Waals surface area contributed by atoms with Gasteiger partial charge in [0.1, 0.15) is 11.5 Å². The van der Waals surface area contributed by atoms with Crippen LogP contribution in [0.4, 0.5) is 0 Å². The minimum atomic E-state index is -0.144. The molecule has 5 heteroatoms. The molecule has 21 heavy (non-hydrogen) atoms. The van der Waals surface area contributed by atoms with Gasteiger partial charge in [-0.1, -0.05) is 0 Å². The van der Waals surface area contributed by atoms with E-state index in [0.717, 1.165) is 25.0 Å². The van der Waals surface area contributed by atoms with E-state index in [-0.39, 0.29) is 18.1 Å². The molecule has 0 saturated carbocycles. The van der Waals surface area contributed by atoms with Gasteiger partial charge in [0.05, 0.1) is 26.4 Å². The molecule has 0 radical (unpaired) electrons. The molecule has 2 atom stereocenters. The fraction of sp³-hybridized carbons (Fsp3) is 0.562. The summed E-state index contributed by atoms with van der Waals surface area (Å²) in [7, 11) is 3.16. The van der Waals surface area contributed by atoms with Gasteiger partial charge < -0.3 is 19.5 Å². The van der Waals surface area contributed by atoms with Gasteiger partial charge in [-0.2, -0.15) is 0 Å². The maximum absolute atomic E-state index is 12.4. The van der Waals surface area contributed by atoms with Crippen molar-refractivity contribution in [3.63, 3.8) is 0 Å². The number of carbonyl (C=O) groups excluding carboxylic acids is 1. The Morgan fingerprint density at radius 3 is 2.43 bits per heavy atom. The van der Waals surface area contributed by atoms with E-state index in [1.807, 2.05) is 13.8 Å². The highest BCUT2D eigenvalue weighted by molar-refractivity contribution is 5.95. The highest BCUT2D eigenvalue weighted by atomic mass is 16.5. The minimum Gasteiger partial charge on any atom is -0.496 e. The van der Waals surface area contributed by atoms with E-state index in [1.165, 1.54) is 0 Å². The fourth-order valence-corrected chi connectivity index (χ4v) is 2.60. The van der Waals surface area contributed by atoms with Crippen molar-refractivity contribution in [3.8, 4) is 11.5 Å². The molecule has 1 saturated heterocycles. The second-order valence-corrected chi connectivity index (χ2v) is 5.32. The second kappa shape index (κ2) is 6.80. The second-order valence-electron chi connectivity index (χ2n) is 5.32. The van der Waals surface area contributed by atoms with Crippen LogP contribution in [0.25, 0.3) is 0 Å². The third-order valence-electron chi connectivity index (χ3n) is 3.90. The Balaban J connectivity index is 2.14. The maximum Gasteiger partial charge on any atom is 0.251 e. The molecule has 2 unspecified atom stereocenters. The van der Waals surface area contributed by atoms with Crippen molar-refractivity contribution < 1.29 is 19.0 Å². The molecule has 0 bridgehead atoms. The summed E-state index contributed by atoms with van der Waals surface area (Å²) in [6, 6.07) is 3.45. The van der Waals surface area contributed by atoms with E-state index in [0.29, 0.717) is 17.1 Å². The van der Waals surface area contributed by atoms with Crippen LogP contribution in [0.2, 0.25) is 0 Å². The Labute approximate surface area is 125 Å². The Morgan fingerprint density at radius 1 is 1.33 bits per heavy atom. The van der Waals surface area contributed by atoms with Crippen molar-refractivity contribution in [2.45, 2.75) is 38.8 Å². The molecule has 5 nitrogen and oxygen atoms in total. The Morgan fingerprint density at radius 2 is 1.95 bits per heavy atom. The molecule has 0 spiro atoms. The monoisotopic (exact) mass is 293 g/mol. The molecule has 1 aliphatic rings. The number of amides is 1. The van der Waals surface area contributed by atoms with Gasteiger partial charge in [0.25, 0.3) is 5.91 Å². The van der Waals surface area contributed by atoms with Gasteiger partial charge >= 0.3 is 0 Å². The summed E-state index contributed by atoms with van der Waals surface area (Å²) in [5, 5.41) is 2.99. The number of carbonyl (C=O) groups is 1. The van der Waals surface area contributed by atoms with Crippen LogP contribution in [-0.4, -0.2) is 38.9 Å². The normalized spacial score (nSPS) is 19.1. The molecule has 2 rings (SSSR count). The Kier molecular flexibility index (Phi) is 5.07. The Hall–Kier alpha value is -1.75. The summed E-state index contributed by atoms with van der Waals surface area (Å²) < 4.78 is 16.2. The molecule has 0 aliphatic carbocycles. The molecular formula is C16H23NO4. The quantitative estimate of drug-likeness (QED) is 0.905. The summed E-state index contributed by atoms with van der Waals surface area (Å²) in [5.74, 6) is 1.14. The van der Waals surface area contributed by atoms with Crippen LogP contribution in [0.15, 0.2) is 12.1 Å². The van der Waals surface area contributed by atoms with Crippen LogP contribution in [0, 0.1) is 6.92 Å². The van der Waals surface area contributed by atoms with Gasteiger partial charge in [0.15, 0.2) is 0 Å². The van der Waals surface area contributed by atoms with Gasteiger partial charge in [0, 0.05) is 17.7 Å². The van der Waals surface area contributed by atoms with E-state index in [4.69, 9.17) is 14.2 Å². The number of nitrogens with one attached hydrogen (secondary N) is 1. The summed E-state index contributed by atoms with van der Waals surface area (Å²) in [4.78, 5) is 12.4. The zero-order chi connectivity index (χ0) is 15.4. The van der Waals surface area contributed by atoms with Gasteiger partial charge in [-0.15, -0.1) is 0 Å². The van der Waals surface area contributed by atoms with Crippen LogP contribution in [0.1, 0.15) is 35.7 Å². The smallest absolute Gasteiger partial charge is 0.251 e. The number of methoxy groups -OCH3 is 2. The fourth-order valence-electron chi connectivity index (χ4n) is 2.60. The van der Waals surface area contributed by atoms with Crippen molar-refractivity contribution in [1.82, 2.24) is 5.32 Å². The van der Waals surface area contributed by atoms with E-state index >= 15 is 0 Å². The number of rotatable bonds is 5. The third kappa shape index (κ3) is 3.47. The molecule has 0 aromatic heterocycles. The third-order valence-corrected chi connectivity index (χ3v) is 3.90. The molecule has 1 aromatic rings. The SMILES string of the molecule is COc1cc(C(=O)NC(C)C2CCCO2)cc(OC)c1C. The van der Waals surface area contributed by atoms with Gasteiger partial charge in [-0.05, 0) is 38.8 Å². The topological polar surface area (TPSA) is 56.8 Å². The molecule has 116 valence electrons. The number of hydrogen-bond donors (Lipinski definition) is 1. The molecular weight excluding hydrogens is 270 g/mol. The lowest BCUT2D eigenvalue weighted by atomic mass is 10.1. The van der Waals surface area contributed by atoms with Crippen molar-refractivity contribution in [2.75, 3.05) is 20.8 Å². The number of ether oxygens (including phenoxy) is 3. The van der Waals surface area contributed by atoms with Gasteiger partial charge in [-0.25, -0.2) is 0 Å². The first-order valence-electron chi connectivity index (χ1n) is 7.22. The molecule has 1 amide bonds. The van der Waals surface area contributed by atoms with Crippen molar-refractivity contribution in [2.24, 2.45) is 0 Å². The average Bonchev–Trinajstić information content (AvgIpc) is 3.01. The van der Waals surface area contributed by atoms with Crippen molar-refractivity contribution in [3.05, 3.63) is 23.3 Å². The zero-order valence-corrected chi connectivity index (χ0v) is 13.1. The maximum atomic E-state index is 12.4. The molecule has 1 aromatic carbocycles. The lowest BCUT2D eigenvalue weighted by Gasteiger charge is -2.20. The lowest BCUT2D eigenvalue weighted by Crippen LogP contribution is -2.40.